The lowest BCUT2D eigenvalue weighted by atomic mass is 10.1. The molecule has 5 heteroatoms. The topological polar surface area (TPSA) is 67.4 Å². The summed E-state index contributed by atoms with van der Waals surface area (Å²) in [6.45, 7) is 4.16. The van der Waals surface area contributed by atoms with Crippen molar-refractivity contribution in [3.8, 4) is 0 Å². The second-order valence-corrected chi connectivity index (χ2v) is 3.54. The summed E-state index contributed by atoms with van der Waals surface area (Å²) in [6, 6.07) is 0. The highest BCUT2D eigenvalue weighted by Gasteiger charge is 2.21. The molecule has 5 nitrogen and oxygen atoms in total. The summed E-state index contributed by atoms with van der Waals surface area (Å²) >= 11 is 0. The zero-order valence-electron chi connectivity index (χ0n) is 9.04. The Labute approximate surface area is 89.6 Å². The minimum Gasteiger partial charge on any atom is -0.466 e. The smallest absolute Gasteiger partial charge is 0.307 e. The first-order valence-corrected chi connectivity index (χ1v) is 5.38. The molecule has 0 unspecified atom stereocenters. The lowest BCUT2D eigenvalue weighted by molar-refractivity contribution is -0.143. The first kappa shape index (κ1) is 12.0. The minimum absolute atomic E-state index is 0.0318. The minimum atomic E-state index is -0.262. The predicted octanol–water partition coefficient (Wildman–Crippen LogP) is -0.335. The van der Waals surface area contributed by atoms with Crippen molar-refractivity contribution in [2.24, 2.45) is 5.92 Å². The Hall–Kier alpha value is -1.10. The van der Waals surface area contributed by atoms with Gasteiger partial charge in [0.25, 0.3) is 0 Å². The Morgan fingerprint density at radius 1 is 1.53 bits per heavy atom. The molecule has 1 saturated heterocycles. The lowest BCUT2D eigenvalue weighted by Crippen LogP contribution is -2.33. The van der Waals surface area contributed by atoms with E-state index in [1.165, 1.54) is 0 Å². The maximum Gasteiger partial charge on any atom is 0.307 e. The summed E-state index contributed by atoms with van der Waals surface area (Å²) in [5, 5.41) is 5.85. The van der Waals surface area contributed by atoms with E-state index >= 15 is 0 Å². The first-order valence-electron chi connectivity index (χ1n) is 5.38. The summed E-state index contributed by atoms with van der Waals surface area (Å²) in [7, 11) is 0. The van der Waals surface area contributed by atoms with Crippen molar-refractivity contribution in [2.75, 3.05) is 26.2 Å². The van der Waals surface area contributed by atoms with Gasteiger partial charge in [0.05, 0.1) is 18.9 Å². The van der Waals surface area contributed by atoms with Gasteiger partial charge in [-0.05, 0) is 19.9 Å². The van der Waals surface area contributed by atoms with E-state index in [-0.39, 0.29) is 24.2 Å². The van der Waals surface area contributed by atoms with Crippen LogP contribution in [0.5, 0.6) is 0 Å². The van der Waals surface area contributed by atoms with Crippen LogP contribution in [0.1, 0.15) is 19.8 Å². The zero-order chi connectivity index (χ0) is 11.1. The van der Waals surface area contributed by atoms with Crippen molar-refractivity contribution >= 4 is 11.9 Å². The van der Waals surface area contributed by atoms with Crippen LogP contribution < -0.4 is 10.6 Å². The Bertz CT molecular complexity index is 225. The molecule has 0 bridgehead atoms. The molecule has 0 aromatic carbocycles. The maximum absolute atomic E-state index is 11.5. The molecule has 15 heavy (non-hydrogen) atoms. The first-order chi connectivity index (χ1) is 7.24. The van der Waals surface area contributed by atoms with Gasteiger partial charge in [-0.2, -0.15) is 0 Å². The number of esters is 1. The largest absolute Gasteiger partial charge is 0.466 e. The molecule has 1 fully saturated rings. The second-order valence-electron chi connectivity index (χ2n) is 3.54. The fourth-order valence-electron chi connectivity index (χ4n) is 1.54. The van der Waals surface area contributed by atoms with Gasteiger partial charge >= 0.3 is 5.97 Å². The van der Waals surface area contributed by atoms with Crippen molar-refractivity contribution in [1.29, 1.82) is 0 Å². The van der Waals surface area contributed by atoms with E-state index < -0.39 is 0 Å². The summed E-state index contributed by atoms with van der Waals surface area (Å²) in [5.41, 5.74) is 0. The van der Waals surface area contributed by atoms with Gasteiger partial charge in [-0.25, -0.2) is 0 Å². The Kier molecular flexibility index (Phi) is 5.10. The van der Waals surface area contributed by atoms with E-state index in [9.17, 15) is 9.59 Å². The third-order valence-corrected chi connectivity index (χ3v) is 2.36. The van der Waals surface area contributed by atoms with Gasteiger partial charge in [-0.1, -0.05) is 0 Å². The van der Waals surface area contributed by atoms with Crippen LogP contribution in [0.4, 0.5) is 0 Å². The molecule has 0 saturated carbocycles. The third-order valence-electron chi connectivity index (χ3n) is 2.36. The van der Waals surface area contributed by atoms with E-state index in [4.69, 9.17) is 4.74 Å². The van der Waals surface area contributed by atoms with Gasteiger partial charge < -0.3 is 15.4 Å². The Morgan fingerprint density at radius 3 is 2.93 bits per heavy atom. The Balaban J connectivity index is 2.08. The zero-order valence-corrected chi connectivity index (χ0v) is 9.04. The fourth-order valence-corrected chi connectivity index (χ4v) is 1.54. The number of ether oxygens (including phenoxy) is 1. The molecule has 1 atom stereocenters. The van der Waals surface area contributed by atoms with Crippen LogP contribution in [0.2, 0.25) is 0 Å². The fraction of sp³-hybridized carbons (Fsp3) is 0.800. The van der Waals surface area contributed by atoms with Crippen LogP contribution in [0, 0.1) is 5.92 Å². The van der Waals surface area contributed by atoms with Gasteiger partial charge in [-0.15, -0.1) is 0 Å². The van der Waals surface area contributed by atoms with Gasteiger partial charge in [0.1, 0.15) is 0 Å². The van der Waals surface area contributed by atoms with Gasteiger partial charge in [0.2, 0.25) is 5.91 Å². The number of rotatable bonds is 5. The number of hydrogen-bond donors (Lipinski definition) is 2. The van der Waals surface area contributed by atoms with Crippen molar-refractivity contribution in [1.82, 2.24) is 10.6 Å². The summed E-state index contributed by atoms with van der Waals surface area (Å²) in [4.78, 5) is 22.4. The molecule has 0 spiro atoms. The maximum atomic E-state index is 11.5. The molecule has 0 radical (unpaired) electrons. The molecular weight excluding hydrogens is 196 g/mol. The van der Waals surface area contributed by atoms with Crippen molar-refractivity contribution in [3.05, 3.63) is 0 Å². The highest BCUT2D eigenvalue weighted by atomic mass is 16.5. The summed E-state index contributed by atoms with van der Waals surface area (Å²) in [6.07, 6.45) is 1.13. The standard InChI is InChI=1S/C10H18N2O3/c1-2-15-9(13)4-6-12-10(14)8-3-5-11-7-8/h8,11H,2-7H2,1H3,(H,12,14)/t8-/m1/s1. The van der Waals surface area contributed by atoms with Crippen molar-refractivity contribution in [3.63, 3.8) is 0 Å². The molecule has 1 rings (SSSR count). The van der Waals surface area contributed by atoms with Crippen LogP contribution in [0.3, 0.4) is 0 Å². The molecule has 1 amide bonds. The van der Waals surface area contributed by atoms with Crippen molar-refractivity contribution < 1.29 is 14.3 Å². The van der Waals surface area contributed by atoms with Gasteiger partial charge in [0.15, 0.2) is 0 Å². The molecule has 1 heterocycles. The quantitative estimate of drug-likeness (QED) is 0.615. The second kappa shape index (κ2) is 6.40. The third kappa shape index (κ3) is 4.29. The number of nitrogens with one attached hydrogen (secondary N) is 2. The van der Waals surface area contributed by atoms with Gasteiger partial charge in [0, 0.05) is 13.1 Å². The summed E-state index contributed by atoms with van der Waals surface area (Å²) < 4.78 is 4.75. The number of carbonyl (C=O) groups is 2. The molecule has 0 aliphatic carbocycles. The van der Waals surface area contributed by atoms with E-state index in [0.29, 0.717) is 13.2 Å². The Morgan fingerprint density at radius 2 is 2.33 bits per heavy atom. The van der Waals surface area contributed by atoms with Crippen LogP contribution in [-0.2, 0) is 14.3 Å². The normalized spacial score (nSPS) is 19.9. The average molecular weight is 214 g/mol. The average Bonchev–Trinajstić information content (AvgIpc) is 2.70. The number of hydrogen-bond acceptors (Lipinski definition) is 4. The van der Waals surface area contributed by atoms with Crippen LogP contribution in [0.15, 0.2) is 0 Å². The lowest BCUT2D eigenvalue weighted by Gasteiger charge is -2.09. The monoisotopic (exact) mass is 214 g/mol. The molecule has 0 aromatic heterocycles. The summed E-state index contributed by atoms with van der Waals surface area (Å²) in [5.74, 6) is -0.168. The van der Waals surface area contributed by atoms with E-state index in [2.05, 4.69) is 10.6 Å². The SMILES string of the molecule is CCOC(=O)CCNC(=O)[C@@H]1CCNC1. The van der Waals surface area contributed by atoms with Gasteiger partial charge in [-0.3, -0.25) is 9.59 Å². The molecule has 2 N–H and O–H groups in total. The van der Waals surface area contributed by atoms with Crippen molar-refractivity contribution in [2.45, 2.75) is 19.8 Å². The van der Waals surface area contributed by atoms with Crippen LogP contribution in [-0.4, -0.2) is 38.1 Å². The molecular formula is C10H18N2O3. The highest BCUT2D eigenvalue weighted by Crippen LogP contribution is 2.06. The van der Waals surface area contributed by atoms with E-state index in [1.54, 1.807) is 6.92 Å². The highest BCUT2D eigenvalue weighted by molar-refractivity contribution is 5.79. The molecule has 1 aliphatic rings. The molecule has 1 aliphatic heterocycles. The number of carbonyl (C=O) groups excluding carboxylic acids is 2. The van der Waals surface area contributed by atoms with E-state index in [0.717, 1.165) is 19.5 Å². The molecule has 0 aromatic rings. The molecule has 86 valence electrons. The predicted molar refractivity (Wildman–Crippen MR) is 55.2 cm³/mol. The van der Waals surface area contributed by atoms with Crippen LogP contribution in [0.25, 0.3) is 0 Å². The van der Waals surface area contributed by atoms with Crippen LogP contribution >= 0.6 is 0 Å². The number of amides is 1. The van der Waals surface area contributed by atoms with E-state index in [1.807, 2.05) is 0 Å².